The number of ketones is 1. The van der Waals surface area contributed by atoms with E-state index in [1.807, 2.05) is 26.0 Å². The van der Waals surface area contributed by atoms with E-state index in [1.54, 1.807) is 24.3 Å². The van der Waals surface area contributed by atoms with E-state index in [9.17, 15) is 4.79 Å². The summed E-state index contributed by atoms with van der Waals surface area (Å²) >= 11 is 0. The van der Waals surface area contributed by atoms with Crippen molar-refractivity contribution in [2.45, 2.75) is 33.7 Å². The van der Waals surface area contributed by atoms with E-state index in [0.29, 0.717) is 22.9 Å². The predicted octanol–water partition coefficient (Wildman–Crippen LogP) is 3.82. The highest BCUT2D eigenvalue weighted by molar-refractivity contribution is 5.98. The third kappa shape index (κ3) is 3.20. The third-order valence-corrected chi connectivity index (χ3v) is 3.65. The Morgan fingerprint density at radius 2 is 1.91 bits per heavy atom. The Balaban J connectivity index is 2.09. The van der Waals surface area contributed by atoms with Gasteiger partial charge in [-0.3, -0.25) is 4.79 Å². The summed E-state index contributed by atoms with van der Waals surface area (Å²) in [5, 5.41) is 8.75. The van der Waals surface area contributed by atoms with E-state index in [1.165, 1.54) is 0 Å². The van der Waals surface area contributed by atoms with E-state index in [0.717, 1.165) is 11.4 Å². The van der Waals surface area contributed by atoms with Crippen LogP contribution in [-0.2, 0) is 0 Å². The topological polar surface area (TPSA) is 55.0 Å². The Bertz CT molecular complexity index is 719. The Labute approximate surface area is 130 Å². The monoisotopic (exact) mass is 296 g/mol. The number of nitriles is 1. The van der Waals surface area contributed by atoms with Crippen LogP contribution in [0.25, 0.3) is 0 Å². The Kier molecular flexibility index (Phi) is 4.67. The smallest absolute Gasteiger partial charge is 0.202 e. The van der Waals surface area contributed by atoms with Crippen molar-refractivity contribution in [3.05, 3.63) is 52.8 Å². The number of aryl methyl sites for hydroxylation is 1. The average Bonchev–Trinajstić information content (AvgIpc) is 2.80. The summed E-state index contributed by atoms with van der Waals surface area (Å²) in [5.41, 5.74) is 3.33. The van der Waals surface area contributed by atoms with Gasteiger partial charge in [0.05, 0.1) is 11.6 Å². The fraction of sp³-hybridized carbons (Fsp3) is 0.333. The number of Topliss-reactive ketones (excluding diaryl/α,β-unsaturated/α-hetero) is 1. The van der Waals surface area contributed by atoms with Crippen molar-refractivity contribution >= 4 is 5.78 Å². The maximum atomic E-state index is 12.4. The van der Waals surface area contributed by atoms with E-state index < -0.39 is 0 Å². The van der Waals surface area contributed by atoms with Gasteiger partial charge in [-0.25, -0.2) is 0 Å². The summed E-state index contributed by atoms with van der Waals surface area (Å²) in [6.07, 6.45) is 0. The summed E-state index contributed by atoms with van der Waals surface area (Å²) in [4.78, 5) is 12.4. The van der Waals surface area contributed by atoms with Gasteiger partial charge in [0, 0.05) is 23.0 Å². The van der Waals surface area contributed by atoms with Gasteiger partial charge in [-0.1, -0.05) is 0 Å². The summed E-state index contributed by atoms with van der Waals surface area (Å²) in [6, 6.07) is 11.0. The zero-order valence-electron chi connectivity index (χ0n) is 13.4. The first-order chi connectivity index (χ1) is 10.4. The Morgan fingerprint density at radius 3 is 2.41 bits per heavy atom. The number of nitrogens with zero attached hydrogens (tertiary/aromatic N) is 2. The highest BCUT2D eigenvalue weighted by atomic mass is 16.5. The molecule has 1 aromatic carbocycles. The first-order valence-electron chi connectivity index (χ1n) is 7.28. The minimum Gasteiger partial charge on any atom is -0.485 e. The lowest BCUT2D eigenvalue weighted by molar-refractivity contribution is 0.0920. The van der Waals surface area contributed by atoms with Crippen molar-refractivity contribution < 1.29 is 9.53 Å². The van der Waals surface area contributed by atoms with Gasteiger partial charge >= 0.3 is 0 Å². The van der Waals surface area contributed by atoms with Crippen molar-refractivity contribution in [2.24, 2.45) is 0 Å². The average molecular weight is 296 g/mol. The number of hydrogen-bond donors (Lipinski definition) is 0. The molecule has 1 heterocycles. The van der Waals surface area contributed by atoms with Gasteiger partial charge in [0.15, 0.2) is 6.61 Å². The third-order valence-electron chi connectivity index (χ3n) is 3.65. The molecule has 0 unspecified atom stereocenters. The predicted molar refractivity (Wildman–Crippen MR) is 85.3 cm³/mol. The van der Waals surface area contributed by atoms with Crippen LogP contribution < -0.4 is 4.74 Å². The minimum absolute atomic E-state index is 0.00567. The molecule has 22 heavy (non-hydrogen) atoms. The number of hydrogen-bond acceptors (Lipinski definition) is 3. The molecule has 0 fully saturated rings. The van der Waals surface area contributed by atoms with Crippen LogP contribution in [0.15, 0.2) is 30.3 Å². The minimum atomic E-state index is -0.0376. The zero-order valence-corrected chi connectivity index (χ0v) is 13.4. The molecule has 0 amide bonds. The van der Waals surface area contributed by atoms with Crippen molar-refractivity contribution in [1.29, 1.82) is 5.26 Å². The molecule has 0 radical (unpaired) electrons. The van der Waals surface area contributed by atoms with Gasteiger partial charge < -0.3 is 9.30 Å². The van der Waals surface area contributed by atoms with Crippen LogP contribution in [0.2, 0.25) is 0 Å². The summed E-state index contributed by atoms with van der Waals surface area (Å²) in [7, 11) is 0. The van der Waals surface area contributed by atoms with E-state index in [-0.39, 0.29) is 12.4 Å². The van der Waals surface area contributed by atoms with Gasteiger partial charge in [-0.15, -0.1) is 0 Å². The molecule has 1 aromatic heterocycles. The quantitative estimate of drug-likeness (QED) is 0.788. The molecule has 4 nitrogen and oxygen atoms in total. The molecule has 0 aliphatic heterocycles. The lowest BCUT2D eigenvalue weighted by Gasteiger charge is -2.13. The lowest BCUT2D eigenvalue weighted by Crippen LogP contribution is -2.13. The molecule has 0 aliphatic carbocycles. The van der Waals surface area contributed by atoms with Gasteiger partial charge in [-0.2, -0.15) is 5.26 Å². The summed E-state index contributed by atoms with van der Waals surface area (Å²) in [6.45, 7) is 8.16. The Morgan fingerprint density at radius 1 is 1.27 bits per heavy atom. The highest BCUT2D eigenvalue weighted by Gasteiger charge is 2.17. The van der Waals surface area contributed by atoms with Crippen molar-refractivity contribution in [2.75, 3.05) is 6.61 Å². The van der Waals surface area contributed by atoms with Crippen LogP contribution in [0, 0.1) is 25.2 Å². The standard InChI is InChI=1S/C18H20N2O2/c1-12(2)20-13(3)9-17(14(20)4)18(21)11-22-16-7-5-15(10-19)6-8-16/h5-9,12H,11H2,1-4H3. The van der Waals surface area contributed by atoms with Gasteiger partial charge in [-0.05, 0) is 58.0 Å². The molecule has 114 valence electrons. The second kappa shape index (κ2) is 6.48. The number of aromatic nitrogens is 1. The van der Waals surface area contributed by atoms with Crippen molar-refractivity contribution in [1.82, 2.24) is 4.57 Å². The maximum absolute atomic E-state index is 12.4. The fourth-order valence-corrected chi connectivity index (χ4v) is 2.71. The molecule has 2 aromatic rings. The molecule has 4 heteroatoms. The number of carbonyl (C=O) groups is 1. The SMILES string of the molecule is Cc1cc(C(=O)COc2ccc(C#N)cc2)c(C)n1C(C)C. The van der Waals surface area contributed by atoms with E-state index in [2.05, 4.69) is 18.4 Å². The molecule has 2 rings (SSSR count). The van der Waals surface area contributed by atoms with E-state index >= 15 is 0 Å². The molecule has 0 bridgehead atoms. The van der Waals surface area contributed by atoms with Crippen LogP contribution in [0.5, 0.6) is 5.75 Å². The summed E-state index contributed by atoms with van der Waals surface area (Å²) < 4.78 is 7.67. The number of carbonyl (C=O) groups excluding carboxylic acids is 1. The van der Waals surface area contributed by atoms with Crippen LogP contribution >= 0.6 is 0 Å². The number of benzene rings is 1. The maximum Gasteiger partial charge on any atom is 0.202 e. The summed E-state index contributed by atoms with van der Waals surface area (Å²) in [5.74, 6) is 0.550. The van der Waals surface area contributed by atoms with Crippen LogP contribution in [0.4, 0.5) is 0 Å². The first kappa shape index (κ1) is 15.8. The molecule has 0 atom stereocenters. The molecule has 0 spiro atoms. The number of ether oxygens (including phenoxy) is 1. The molecule has 0 saturated heterocycles. The van der Waals surface area contributed by atoms with Crippen LogP contribution in [0.3, 0.4) is 0 Å². The molecule has 0 aliphatic rings. The fourth-order valence-electron chi connectivity index (χ4n) is 2.71. The second-order valence-electron chi connectivity index (χ2n) is 5.60. The van der Waals surface area contributed by atoms with Crippen molar-refractivity contribution in [3.63, 3.8) is 0 Å². The largest absolute Gasteiger partial charge is 0.485 e. The van der Waals surface area contributed by atoms with Gasteiger partial charge in [0.2, 0.25) is 5.78 Å². The highest BCUT2D eigenvalue weighted by Crippen LogP contribution is 2.21. The lowest BCUT2D eigenvalue weighted by atomic mass is 10.1. The number of rotatable bonds is 5. The molecular weight excluding hydrogens is 276 g/mol. The van der Waals surface area contributed by atoms with Crippen molar-refractivity contribution in [3.8, 4) is 11.8 Å². The second-order valence-corrected chi connectivity index (χ2v) is 5.60. The van der Waals surface area contributed by atoms with Crippen LogP contribution in [-0.4, -0.2) is 17.0 Å². The molecular formula is C18H20N2O2. The van der Waals surface area contributed by atoms with Gasteiger partial charge in [0.25, 0.3) is 0 Å². The normalized spacial score (nSPS) is 10.5. The van der Waals surface area contributed by atoms with E-state index in [4.69, 9.17) is 10.00 Å². The molecule has 0 N–H and O–H groups in total. The van der Waals surface area contributed by atoms with Crippen LogP contribution in [0.1, 0.15) is 47.2 Å². The Hall–Kier alpha value is -2.54. The van der Waals surface area contributed by atoms with Gasteiger partial charge in [0.1, 0.15) is 5.75 Å². The molecule has 0 saturated carbocycles. The zero-order chi connectivity index (χ0) is 16.3. The first-order valence-corrected chi connectivity index (χ1v) is 7.28.